The smallest absolute Gasteiger partial charge is 0.279 e. The van der Waals surface area contributed by atoms with Crippen LogP contribution in [0, 0.1) is 6.92 Å². The summed E-state index contributed by atoms with van der Waals surface area (Å²) in [7, 11) is 0. The Balaban J connectivity index is 1.62. The molecule has 2 amide bonds. The second-order valence-corrected chi connectivity index (χ2v) is 8.13. The third kappa shape index (κ3) is 4.38. The van der Waals surface area contributed by atoms with E-state index in [1.807, 2.05) is 70.4 Å². The van der Waals surface area contributed by atoms with Gasteiger partial charge < -0.3 is 9.47 Å². The highest BCUT2D eigenvalue weighted by molar-refractivity contribution is 7.07. The summed E-state index contributed by atoms with van der Waals surface area (Å²) in [5, 5.41) is 1.91. The Morgan fingerprint density at radius 3 is 2.66 bits per heavy atom. The third-order valence-electron chi connectivity index (χ3n) is 5.10. The first-order valence-electron chi connectivity index (χ1n) is 9.78. The van der Waals surface area contributed by atoms with Crippen molar-refractivity contribution in [3.63, 3.8) is 0 Å². The highest BCUT2D eigenvalue weighted by atomic mass is 32.1. The quantitative estimate of drug-likeness (QED) is 0.661. The summed E-state index contributed by atoms with van der Waals surface area (Å²) in [4.78, 5) is 32.4. The van der Waals surface area contributed by atoms with Crippen molar-refractivity contribution in [1.29, 1.82) is 0 Å². The Kier molecular flexibility index (Phi) is 5.71. The van der Waals surface area contributed by atoms with Gasteiger partial charge in [-0.25, -0.2) is 0 Å². The maximum atomic E-state index is 12.9. The van der Waals surface area contributed by atoms with Crippen LogP contribution in [-0.2, 0) is 6.54 Å². The standard InChI is InChI=1S/C23H23N3O2S/c1-17-7-6-9-18(15-17)21(27)24-23-26(13-14-29-23)16-19-8-2-3-10-20(19)22(28)25-11-4-5-12-25/h2-3,6-10,13-15H,4-5,11-12,16H2,1H3. The molecule has 6 heteroatoms. The Morgan fingerprint density at radius 2 is 1.86 bits per heavy atom. The second kappa shape index (κ2) is 8.57. The fraction of sp³-hybridized carbons (Fsp3) is 0.261. The summed E-state index contributed by atoms with van der Waals surface area (Å²) in [5.74, 6) is -0.172. The molecule has 148 valence electrons. The van der Waals surface area contributed by atoms with Crippen molar-refractivity contribution < 1.29 is 9.59 Å². The lowest BCUT2D eigenvalue weighted by Gasteiger charge is -2.17. The molecule has 0 spiro atoms. The van der Waals surface area contributed by atoms with E-state index in [0.29, 0.717) is 16.9 Å². The molecule has 0 unspecified atom stereocenters. The first kappa shape index (κ1) is 19.3. The Labute approximate surface area is 174 Å². The summed E-state index contributed by atoms with van der Waals surface area (Å²) in [6, 6.07) is 15.1. The average Bonchev–Trinajstić information content (AvgIpc) is 3.41. The molecule has 1 aromatic heterocycles. The van der Waals surface area contributed by atoms with Gasteiger partial charge in [0.15, 0.2) is 4.80 Å². The van der Waals surface area contributed by atoms with Crippen LogP contribution in [-0.4, -0.2) is 34.4 Å². The maximum absolute atomic E-state index is 12.9. The number of thiazole rings is 1. The number of likely N-dealkylation sites (tertiary alicyclic amines) is 1. The van der Waals surface area contributed by atoms with Gasteiger partial charge in [0, 0.05) is 35.8 Å². The van der Waals surface area contributed by atoms with Crippen LogP contribution in [0.2, 0.25) is 0 Å². The lowest BCUT2D eigenvalue weighted by atomic mass is 10.1. The Morgan fingerprint density at radius 1 is 1.07 bits per heavy atom. The molecule has 1 saturated heterocycles. The number of aromatic nitrogens is 1. The molecular formula is C23H23N3O2S. The van der Waals surface area contributed by atoms with Gasteiger partial charge in [-0.15, -0.1) is 11.3 Å². The molecule has 0 N–H and O–H groups in total. The minimum absolute atomic E-state index is 0.0863. The molecule has 4 rings (SSSR count). The van der Waals surface area contributed by atoms with Gasteiger partial charge in [0.1, 0.15) is 0 Å². The van der Waals surface area contributed by atoms with Gasteiger partial charge >= 0.3 is 0 Å². The van der Waals surface area contributed by atoms with E-state index in [-0.39, 0.29) is 11.8 Å². The molecule has 3 aromatic rings. The van der Waals surface area contributed by atoms with Gasteiger partial charge in [-0.3, -0.25) is 9.59 Å². The number of hydrogen-bond acceptors (Lipinski definition) is 3. The van der Waals surface area contributed by atoms with Crippen LogP contribution in [0.15, 0.2) is 65.1 Å². The third-order valence-corrected chi connectivity index (χ3v) is 5.90. The first-order valence-corrected chi connectivity index (χ1v) is 10.7. The van der Waals surface area contributed by atoms with Crippen molar-refractivity contribution in [3.8, 4) is 0 Å². The van der Waals surface area contributed by atoms with Crippen LogP contribution < -0.4 is 4.80 Å². The lowest BCUT2D eigenvalue weighted by Crippen LogP contribution is -2.29. The van der Waals surface area contributed by atoms with Crippen LogP contribution in [0.1, 0.15) is 44.7 Å². The number of carbonyl (C=O) groups excluding carboxylic acids is 2. The molecule has 2 heterocycles. The van der Waals surface area contributed by atoms with Crippen LogP contribution in [0.4, 0.5) is 0 Å². The van der Waals surface area contributed by atoms with Gasteiger partial charge in [-0.1, -0.05) is 35.9 Å². The van der Waals surface area contributed by atoms with Crippen LogP contribution in [0.25, 0.3) is 0 Å². The SMILES string of the molecule is Cc1cccc(C(=O)N=c2sccn2Cc2ccccc2C(=O)N2CCCC2)c1. The monoisotopic (exact) mass is 405 g/mol. The molecule has 1 aliphatic rings. The summed E-state index contributed by atoms with van der Waals surface area (Å²) in [6.45, 7) is 4.10. The number of amides is 2. The van der Waals surface area contributed by atoms with E-state index in [4.69, 9.17) is 0 Å². The minimum Gasteiger partial charge on any atom is -0.339 e. The Bertz CT molecular complexity index is 1110. The highest BCUT2D eigenvalue weighted by Crippen LogP contribution is 2.17. The highest BCUT2D eigenvalue weighted by Gasteiger charge is 2.21. The molecule has 5 nitrogen and oxygen atoms in total. The number of rotatable bonds is 4. The van der Waals surface area contributed by atoms with Crippen LogP contribution in [0.3, 0.4) is 0 Å². The zero-order chi connectivity index (χ0) is 20.2. The summed E-state index contributed by atoms with van der Waals surface area (Å²) < 4.78 is 1.93. The molecular weight excluding hydrogens is 382 g/mol. The second-order valence-electron chi connectivity index (χ2n) is 7.26. The van der Waals surface area contributed by atoms with E-state index in [0.717, 1.165) is 42.6 Å². The minimum atomic E-state index is -0.258. The molecule has 0 bridgehead atoms. The maximum Gasteiger partial charge on any atom is 0.279 e. The first-order chi connectivity index (χ1) is 14.1. The number of aryl methyl sites for hydroxylation is 1. The van der Waals surface area contributed by atoms with Crippen molar-refractivity contribution in [3.05, 3.63) is 87.2 Å². The summed E-state index contributed by atoms with van der Waals surface area (Å²) in [5.41, 5.74) is 3.27. The van der Waals surface area contributed by atoms with Crippen molar-refractivity contribution in [2.75, 3.05) is 13.1 Å². The van der Waals surface area contributed by atoms with E-state index in [1.54, 1.807) is 6.07 Å². The zero-order valence-electron chi connectivity index (χ0n) is 16.4. The fourth-order valence-corrected chi connectivity index (χ4v) is 4.30. The zero-order valence-corrected chi connectivity index (χ0v) is 17.2. The average molecular weight is 406 g/mol. The largest absolute Gasteiger partial charge is 0.339 e. The fourth-order valence-electron chi connectivity index (χ4n) is 3.58. The molecule has 0 atom stereocenters. The van der Waals surface area contributed by atoms with E-state index in [2.05, 4.69) is 4.99 Å². The molecule has 29 heavy (non-hydrogen) atoms. The molecule has 0 saturated carbocycles. The van der Waals surface area contributed by atoms with Gasteiger partial charge in [0.25, 0.3) is 11.8 Å². The van der Waals surface area contributed by atoms with Crippen LogP contribution >= 0.6 is 11.3 Å². The summed E-state index contributed by atoms with van der Waals surface area (Å²) in [6.07, 6.45) is 4.04. The van der Waals surface area contributed by atoms with E-state index < -0.39 is 0 Å². The predicted octanol–water partition coefficient (Wildman–Crippen LogP) is 3.88. The van der Waals surface area contributed by atoms with Gasteiger partial charge in [-0.05, 0) is 43.5 Å². The topological polar surface area (TPSA) is 54.7 Å². The van der Waals surface area contributed by atoms with Crippen molar-refractivity contribution in [2.24, 2.45) is 4.99 Å². The summed E-state index contributed by atoms with van der Waals surface area (Å²) >= 11 is 1.42. The molecule has 1 aliphatic heterocycles. The van der Waals surface area contributed by atoms with Gasteiger partial charge in [-0.2, -0.15) is 4.99 Å². The molecule has 2 aromatic carbocycles. The normalized spacial score (nSPS) is 14.4. The van der Waals surface area contributed by atoms with Gasteiger partial charge in [0.05, 0.1) is 6.54 Å². The van der Waals surface area contributed by atoms with Crippen LogP contribution in [0.5, 0.6) is 0 Å². The number of nitrogens with zero attached hydrogens (tertiary/aromatic N) is 3. The Hall–Kier alpha value is -2.99. The van der Waals surface area contributed by atoms with E-state index in [9.17, 15) is 9.59 Å². The molecule has 0 aliphatic carbocycles. The van der Waals surface area contributed by atoms with Gasteiger partial charge in [0.2, 0.25) is 0 Å². The number of carbonyl (C=O) groups is 2. The number of benzene rings is 2. The predicted molar refractivity (Wildman–Crippen MR) is 114 cm³/mol. The molecule has 0 radical (unpaired) electrons. The van der Waals surface area contributed by atoms with E-state index in [1.165, 1.54) is 11.3 Å². The number of hydrogen-bond donors (Lipinski definition) is 0. The van der Waals surface area contributed by atoms with Crippen molar-refractivity contribution >= 4 is 23.2 Å². The van der Waals surface area contributed by atoms with Crippen molar-refractivity contribution in [1.82, 2.24) is 9.47 Å². The van der Waals surface area contributed by atoms with E-state index >= 15 is 0 Å². The lowest BCUT2D eigenvalue weighted by molar-refractivity contribution is 0.0791. The molecule has 1 fully saturated rings. The van der Waals surface area contributed by atoms with Crippen molar-refractivity contribution in [2.45, 2.75) is 26.3 Å².